The van der Waals surface area contributed by atoms with Crippen LogP contribution in [0.25, 0.3) is 0 Å². The van der Waals surface area contributed by atoms with Crippen molar-refractivity contribution in [3.8, 4) is 0 Å². The average molecular weight is 246 g/mol. The van der Waals surface area contributed by atoms with Crippen molar-refractivity contribution >= 4 is 5.69 Å². The van der Waals surface area contributed by atoms with E-state index < -0.39 is 0 Å². The molecule has 2 nitrogen and oxygen atoms in total. The van der Waals surface area contributed by atoms with E-state index in [1.165, 1.54) is 24.1 Å². The third-order valence-corrected chi connectivity index (χ3v) is 4.92. The highest BCUT2D eigenvalue weighted by molar-refractivity contribution is 5.52. The van der Waals surface area contributed by atoms with Gasteiger partial charge in [-0.15, -0.1) is 0 Å². The molecule has 2 N–H and O–H groups in total. The van der Waals surface area contributed by atoms with E-state index in [2.05, 4.69) is 56.9 Å². The Morgan fingerprint density at radius 1 is 1.39 bits per heavy atom. The first-order chi connectivity index (χ1) is 8.47. The minimum atomic E-state index is 0.0650. The summed E-state index contributed by atoms with van der Waals surface area (Å²) in [5.74, 6) is 0. The number of rotatable bonds is 5. The molecular formula is C16H26N2. The molecule has 0 saturated heterocycles. The molecule has 2 rings (SSSR count). The molecule has 2 heteroatoms. The number of hydrogen-bond donors (Lipinski definition) is 1. The van der Waals surface area contributed by atoms with Crippen LogP contribution in [0.2, 0.25) is 0 Å². The summed E-state index contributed by atoms with van der Waals surface area (Å²) in [4.78, 5) is 2.49. The van der Waals surface area contributed by atoms with Crippen molar-refractivity contribution in [2.75, 3.05) is 18.0 Å². The quantitative estimate of drug-likeness (QED) is 0.863. The van der Waals surface area contributed by atoms with Crippen LogP contribution in [0.5, 0.6) is 0 Å². The van der Waals surface area contributed by atoms with E-state index in [4.69, 9.17) is 5.73 Å². The summed E-state index contributed by atoms with van der Waals surface area (Å²) in [6.07, 6.45) is 2.59. The molecule has 1 saturated carbocycles. The zero-order valence-corrected chi connectivity index (χ0v) is 12.2. The summed E-state index contributed by atoms with van der Waals surface area (Å²) in [7, 11) is 0. The summed E-state index contributed by atoms with van der Waals surface area (Å²) in [6.45, 7) is 10.8. The highest BCUT2D eigenvalue weighted by atomic mass is 15.2. The second-order valence-electron chi connectivity index (χ2n) is 6.12. The van der Waals surface area contributed by atoms with Gasteiger partial charge in [-0.3, -0.25) is 0 Å². The maximum absolute atomic E-state index is 6.14. The Labute approximate surface area is 111 Å². The largest absolute Gasteiger partial charge is 0.365 e. The molecule has 1 aromatic carbocycles. The second-order valence-corrected chi connectivity index (χ2v) is 6.12. The number of aryl methyl sites for hydroxylation is 1. The first-order valence-corrected chi connectivity index (χ1v) is 7.01. The first-order valence-electron chi connectivity index (χ1n) is 7.01. The molecule has 0 amide bonds. The molecule has 0 heterocycles. The first kappa shape index (κ1) is 13.4. The number of benzene rings is 1. The molecule has 0 aromatic heterocycles. The van der Waals surface area contributed by atoms with Gasteiger partial charge in [-0.25, -0.2) is 0 Å². The summed E-state index contributed by atoms with van der Waals surface area (Å²) in [5.41, 5.74) is 9.20. The van der Waals surface area contributed by atoms with Gasteiger partial charge in [0.05, 0.1) is 5.54 Å². The fraction of sp³-hybridized carbons (Fsp3) is 0.625. The Kier molecular flexibility index (Phi) is 3.41. The van der Waals surface area contributed by atoms with Gasteiger partial charge in [-0.05, 0) is 56.7 Å². The molecule has 1 aliphatic rings. The Morgan fingerprint density at radius 3 is 2.50 bits per heavy atom. The molecule has 1 unspecified atom stereocenters. The predicted octanol–water partition coefficient (Wildman–Crippen LogP) is 3.34. The maximum Gasteiger partial charge on any atom is 0.0549 e. The minimum absolute atomic E-state index is 0.0650. The summed E-state index contributed by atoms with van der Waals surface area (Å²) in [5, 5.41) is 0. The average Bonchev–Trinajstić information content (AvgIpc) is 3.09. The highest BCUT2D eigenvalue weighted by Crippen LogP contribution is 2.56. The van der Waals surface area contributed by atoms with Crippen molar-refractivity contribution < 1.29 is 0 Å². The van der Waals surface area contributed by atoms with Crippen LogP contribution in [-0.4, -0.2) is 18.6 Å². The van der Waals surface area contributed by atoms with Crippen molar-refractivity contribution in [2.24, 2.45) is 11.1 Å². The van der Waals surface area contributed by atoms with Gasteiger partial charge in [0.1, 0.15) is 0 Å². The van der Waals surface area contributed by atoms with Gasteiger partial charge in [0.2, 0.25) is 0 Å². The number of likely N-dealkylation sites (N-methyl/N-ethyl adjacent to an activating group) is 1. The minimum Gasteiger partial charge on any atom is -0.365 e. The third-order valence-electron chi connectivity index (χ3n) is 4.92. The van der Waals surface area contributed by atoms with E-state index in [-0.39, 0.29) is 5.54 Å². The van der Waals surface area contributed by atoms with E-state index in [9.17, 15) is 0 Å². The Morgan fingerprint density at radius 2 is 2.06 bits per heavy atom. The second kappa shape index (κ2) is 4.58. The van der Waals surface area contributed by atoms with Crippen LogP contribution in [0, 0.1) is 12.3 Å². The van der Waals surface area contributed by atoms with Crippen LogP contribution in [0.4, 0.5) is 5.69 Å². The van der Waals surface area contributed by atoms with E-state index in [1.807, 2.05) is 0 Å². The molecule has 0 aliphatic heterocycles. The van der Waals surface area contributed by atoms with Crippen molar-refractivity contribution in [3.63, 3.8) is 0 Å². The molecular weight excluding hydrogens is 220 g/mol. The van der Waals surface area contributed by atoms with Crippen molar-refractivity contribution in [3.05, 3.63) is 29.8 Å². The van der Waals surface area contributed by atoms with Crippen molar-refractivity contribution in [1.82, 2.24) is 0 Å². The number of nitrogens with two attached hydrogens (primary N) is 1. The van der Waals surface area contributed by atoms with Crippen LogP contribution in [-0.2, 0) is 0 Å². The molecule has 100 valence electrons. The molecule has 1 aromatic rings. The van der Waals surface area contributed by atoms with Gasteiger partial charge in [0.25, 0.3) is 0 Å². The number of anilines is 1. The fourth-order valence-corrected chi connectivity index (χ4v) is 3.02. The van der Waals surface area contributed by atoms with Crippen LogP contribution in [0.3, 0.4) is 0 Å². The summed E-state index contributed by atoms with van der Waals surface area (Å²) >= 11 is 0. The van der Waals surface area contributed by atoms with Gasteiger partial charge < -0.3 is 10.6 Å². The molecule has 1 fully saturated rings. The van der Waals surface area contributed by atoms with Gasteiger partial charge in [0.15, 0.2) is 0 Å². The molecule has 0 bridgehead atoms. The van der Waals surface area contributed by atoms with Gasteiger partial charge in [-0.1, -0.05) is 19.1 Å². The molecule has 1 atom stereocenters. The van der Waals surface area contributed by atoms with Gasteiger partial charge in [0, 0.05) is 18.8 Å². The zero-order chi connectivity index (χ0) is 13.4. The SMILES string of the molecule is CCN(c1cccc(C)c1)C(C)(CN)C1(C)CC1. The Hall–Kier alpha value is -1.02. The van der Waals surface area contributed by atoms with Gasteiger partial charge in [-0.2, -0.15) is 0 Å². The lowest BCUT2D eigenvalue weighted by Gasteiger charge is -2.47. The lowest BCUT2D eigenvalue weighted by atomic mass is 9.81. The molecule has 0 radical (unpaired) electrons. The van der Waals surface area contributed by atoms with E-state index >= 15 is 0 Å². The number of nitrogens with zero attached hydrogens (tertiary/aromatic N) is 1. The highest BCUT2D eigenvalue weighted by Gasteiger charge is 2.55. The summed E-state index contributed by atoms with van der Waals surface area (Å²) in [6, 6.07) is 8.76. The van der Waals surface area contributed by atoms with E-state index in [0.717, 1.165) is 6.54 Å². The monoisotopic (exact) mass is 246 g/mol. The van der Waals surface area contributed by atoms with Crippen LogP contribution in [0.1, 0.15) is 39.2 Å². The number of hydrogen-bond acceptors (Lipinski definition) is 2. The lowest BCUT2D eigenvalue weighted by molar-refractivity contribution is 0.280. The predicted molar refractivity (Wildman–Crippen MR) is 79.0 cm³/mol. The van der Waals surface area contributed by atoms with Crippen molar-refractivity contribution in [2.45, 2.75) is 46.1 Å². The Balaban J connectivity index is 2.38. The normalized spacial score (nSPS) is 20.3. The van der Waals surface area contributed by atoms with E-state index in [0.29, 0.717) is 12.0 Å². The third kappa shape index (κ3) is 2.03. The summed E-state index contributed by atoms with van der Waals surface area (Å²) < 4.78 is 0. The fourth-order valence-electron chi connectivity index (χ4n) is 3.02. The van der Waals surface area contributed by atoms with Crippen molar-refractivity contribution in [1.29, 1.82) is 0 Å². The topological polar surface area (TPSA) is 29.3 Å². The molecule has 18 heavy (non-hydrogen) atoms. The molecule has 1 aliphatic carbocycles. The van der Waals surface area contributed by atoms with Crippen LogP contribution in [0.15, 0.2) is 24.3 Å². The smallest absolute Gasteiger partial charge is 0.0549 e. The van der Waals surface area contributed by atoms with Crippen LogP contribution < -0.4 is 10.6 Å². The van der Waals surface area contributed by atoms with Crippen LogP contribution >= 0.6 is 0 Å². The molecule has 0 spiro atoms. The zero-order valence-electron chi connectivity index (χ0n) is 12.2. The maximum atomic E-state index is 6.14. The Bertz CT molecular complexity index is 423. The lowest BCUT2D eigenvalue weighted by Crippen LogP contribution is -2.57. The standard InChI is InChI=1S/C16H26N2/c1-5-18(14-8-6-7-13(2)11-14)16(4,12-17)15(3)9-10-15/h6-8,11H,5,9-10,12,17H2,1-4H3. The van der Waals surface area contributed by atoms with E-state index in [1.54, 1.807) is 0 Å². The van der Waals surface area contributed by atoms with Gasteiger partial charge >= 0.3 is 0 Å².